The lowest BCUT2D eigenvalue weighted by molar-refractivity contribution is 0.202. The van der Waals surface area contributed by atoms with Gasteiger partial charge in [-0.25, -0.2) is 4.39 Å². The van der Waals surface area contributed by atoms with E-state index < -0.39 is 0 Å². The van der Waals surface area contributed by atoms with Crippen molar-refractivity contribution in [1.82, 2.24) is 0 Å². The van der Waals surface area contributed by atoms with E-state index in [1.54, 1.807) is 12.1 Å². The first kappa shape index (κ1) is 22.0. The molecule has 3 aliphatic rings. The van der Waals surface area contributed by atoms with Crippen molar-refractivity contribution in [2.45, 2.75) is 77.7 Å². The summed E-state index contributed by atoms with van der Waals surface area (Å²) in [7, 11) is 0. The van der Waals surface area contributed by atoms with Gasteiger partial charge in [-0.2, -0.15) is 0 Å². The molecule has 1 nitrogen and oxygen atoms in total. The Hall–Kier alpha value is -2.19. The van der Waals surface area contributed by atoms with E-state index in [1.165, 1.54) is 27.9 Å². The number of hydrogen-bond donors (Lipinski definition) is 1. The number of hydrogen-bond acceptors (Lipinski definition) is 1. The minimum atomic E-state index is -0.177. The van der Waals surface area contributed by atoms with Crippen LogP contribution in [0.15, 0.2) is 82.5 Å². The number of fused-ring (bicyclic) bond motifs is 1. The molecule has 2 unspecified atom stereocenters. The van der Waals surface area contributed by atoms with Crippen molar-refractivity contribution >= 4 is 0 Å². The van der Waals surface area contributed by atoms with Crippen LogP contribution in [0.25, 0.3) is 0 Å². The summed E-state index contributed by atoms with van der Waals surface area (Å²) in [6.45, 7) is 6.72. The van der Waals surface area contributed by atoms with Crippen LogP contribution in [0, 0.1) is 11.2 Å². The van der Waals surface area contributed by atoms with E-state index in [2.05, 4.69) is 51.2 Å². The molecule has 1 fully saturated rings. The molecule has 0 aromatic heterocycles. The minimum Gasteiger partial charge on any atom is -0.324 e. The second kappa shape index (κ2) is 8.74. The average molecular weight is 418 g/mol. The molecule has 0 heterocycles. The molecule has 0 bridgehead atoms. The standard InChI is InChI=1S/C29H36FN/c1-21(2)17-25-20-28(3)26(19-24(25)18-23-9-11-27(30)12-10-23)14-16-29(28,31)15-13-22-7-5-4-6-8-22/h5,7-12,17,19H,4,6,13-16,18,20,31H2,1-3H3. The Labute approximate surface area is 187 Å². The van der Waals surface area contributed by atoms with Gasteiger partial charge in [0.15, 0.2) is 0 Å². The molecule has 4 rings (SSSR count). The number of nitrogens with two attached hydrogens (primary N) is 1. The van der Waals surface area contributed by atoms with Crippen LogP contribution in [-0.4, -0.2) is 5.54 Å². The van der Waals surface area contributed by atoms with E-state index >= 15 is 0 Å². The van der Waals surface area contributed by atoms with Crippen LogP contribution in [-0.2, 0) is 6.42 Å². The molecule has 1 saturated carbocycles. The summed E-state index contributed by atoms with van der Waals surface area (Å²) >= 11 is 0. The number of rotatable bonds is 6. The molecule has 1 aromatic carbocycles. The largest absolute Gasteiger partial charge is 0.324 e. The zero-order valence-corrected chi connectivity index (χ0v) is 19.3. The normalized spacial score (nSPS) is 27.6. The van der Waals surface area contributed by atoms with Gasteiger partial charge < -0.3 is 5.73 Å². The Morgan fingerprint density at radius 2 is 1.94 bits per heavy atom. The van der Waals surface area contributed by atoms with Crippen LogP contribution < -0.4 is 5.73 Å². The third kappa shape index (κ3) is 4.55. The van der Waals surface area contributed by atoms with Crippen LogP contribution in [0.2, 0.25) is 0 Å². The van der Waals surface area contributed by atoms with E-state index in [4.69, 9.17) is 5.73 Å². The van der Waals surface area contributed by atoms with E-state index in [9.17, 15) is 4.39 Å². The third-order valence-electron chi connectivity index (χ3n) is 7.66. The summed E-state index contributed by atoms with van der Waals surface area (Å²) in [5.74, 6) is -0.177. The van der Waals surface area contributed by atoms with Crippen LogP contribution in [0.1, 0.15) is 71.3 Å². The highest BCUT2D eigenvalue weighted by atomic mass is 19.1. The first-order chi connectivity index (χ1) is 14.8. The lowest BCUT2D eigenvalue weighted by Gasteiger charge is -2.45. The summed E-state index contributed by atoms with van der Waals surface area (Å²) in [6.07, 6.45) is 20.1. The molecule has 0 radical (unpaired) electrons. The molecule has 2 heteroatoms. The molecule has 31 heavy (non-hydrogen) atoms. The van der Waals surface area contributed by atoms with Gasteiger partial charge >= 0.3 is 0 Å². The molecule has 0 spiro atoms. The van der Waals surface area contributed by atoms with Gasteiger partial charge in [0, 0.05) is 11.0 Å². The quantitative estimate of drug-likeness (QED) is 0.509. The van der Waals surface area contributed by atoms with E-state index in [0.29, 0.717) is 0 Å². The number of allylic oxidation sites excluding steroid dienone is 9. The van der Waals surface area contributed by atoms with E-state index in [-0.39, 0.29) is 16.8 Å². The summed E-state index contributed by atoms with van der Waals surface area (Å²) in [6, 6.07) is 6.93. The summed E-state index contributed by atoms with van der Waals surface area (Å²) < 4.78 is 13.4. The summed E-state index contributed by atoms with van der Waals surface area (Å²) in [5.41, 5.74) is 15.2. The fourth-order valence-corrected chi connectivity index (χ4v) is 5.65. The van der Waals surface area contributed by atoms with Gasteiger partial charge in [-0.05, 0) is 94.1 Å². The maximum Gasteiger partial charge on any atom is 0.123 e. The molecular weight excluding hydrogens is 381 g/mol. The van der Waals surface area contributed by atoms with Gasteiger partial charge in [-0.3, -0.25) is 0 Å². The highest BCUT2D eigenvalue weighted by Gasteiger charge is 2.52. The number of halogens is 1. The Morgan fingerprint density at radius 1 is 1.16 bits per heavy atom. The second-order valence-electron chi connectivity index (χ2n) is 10.2. The van der Waals surface area contributed by atoms with Crippen LogP contribution >= 0.6 is 0 Å². The van der Waals surface area contributed by atoms with Gasteiger partial charge in [0.2, 0.25) is 0 Å². The van der Waals surface area contributed by atoms with Gasteiger partial charge in [0.25, 0.3) is 0 Å². The summed E-state index contributed by atoms with van der Waals surface area (Å²) in [5, 5.41) is 0. The second-order valence-corrected chi connectivity index (χ2v) is 10.2. The van der Waals surface area contributed by atoms with Crippen molar-refractivity contribution in [3.05, 3.63) is 93.9 Å². The molecule has 164 valence electrons. The first-order valence-corrected chi connectivity index (χ1v) is 11.8. The lowest BCUT2D eigenvalue weighted by Crippen LogP contribution is -2.51. The van der Waals surface area contributed by atoms with Crippen molar-refractivity contribution in [3.63, 3.8) is 0 Å². The molecule has 0 aliphatic heterocycles. The Bertz CT molecular complexity index is 984. The van der Waals surface area contributed by atoms with E-state index in [0.717, 1.165) is 56.9 Å². The van der Waals surface area contributed by atoms with Crippen molar-refractivity contribution in [2.75, 3.05) is 0 Å². The highest BCUT2D eigenvalue weighted by molar-refractivity contribution is 5.49. The maximum absolute atomic E-state index is 13.4. The predicted octanol–water partition coefficient (Wildman–Crippen LogP) is 7.52. The van der Waals surface area contributed by atoms with Crippen molar-refractivity contribution in [1.29, 1.82) is 0 Å². The molecule has 1 aromatic rings. The molecule has 2 atom stereocenters. The van der Waals surface area contributed by atoms with Crippen molar-refractivity contribution in [2.24, 2.45) is 11.1 Å². The van der Waals surface area contributed by atoms with Crippen LogP contribution in [0.5, 0.6) is 0 Å². The van der Waals surface area contributed by atoms with Crippen molar-refractivity contribution < 1.29 is 4.39 Å². The SMILES string of the molecule is CC(C)=CC1=C(Cc2ccc(F)cc2)C=C2CCC(N)(CCC3=CCCC=C3)C2(C)C1. The fraction of sp³-hybridized carbons (Fsp3) is 0.448. The Kier molecular flexibility index (Phi) is 6.21. The van der Waals surface area contributed by atoms with Gasteiger partial charge in [0.05, 0.1) is 0 Å². The monoisotopic (exact) mass is 417 g/mol. The first-order valence-electron chi connectivity index (χ1n) is 11.8. The Morgan fingerprint density at radius 3 is 2.61 bits per heavy atom. The highest BCUT2D eigenvalue weighted by Crippen LogP contribution is 2.57. The molecule has 3 aliphatic carbocycles. The van der Waals surface area contributed by atoms with Crippen LogP contribution in [0.3, 0.4) is 0 Å². The molecule has 0 saturated heterocycles. The molecular formula is C29H36FN. The maximum atomic E-state index is 13.4. The van der Waals surface area contributed by atoms with Gasteiger partial charge in [-0.1, -0.05) is 66.2 Å². The number of benzene rings is 1. The smallest absolute Gasteiger partial charge is 0.123 e. The third-order valence-corrected chi connectivity index (χ3v) is 7.66. The zero-order chi connectivity index (χ0) is 22.1. The minimum absolute atomic E-state index is 0.000476. The topological polar surface area (TPSA) is 26.0 Å². The lowest BCUT2D eigenvalue weighted by atomic mass is 9.63. The Balaban J connectivity index is 1.61. The van der Waals surface area contributed by atoms with Gasteiger partial charge in [-0.15, -0.1) is 0 Å². The predicted molar refractivity (Wildman–Crippen MR) is 129 cm³/mol. The average Bonchev–Trinajstić information content (AvgIpc) is 2.99. The molecule has 0 amide bonds. The van der Waals surface area contributed by atoms with Crippen molar-refractivity contribution in [3.8, 4) is 0 Å². The molecule has 2 N–H and O–H groups in total. The van der Waals surface area contributed by atoms with Gasteiger partial charge in [0.1, 0.15) is 5.82 Å². The fourth-order valence-electron chi connectivity index (χ4n) is 5.65. The van der Waals surface area contributed by atoms with E-state index in [1.807, 2.05) is 12.1 Å². The summed E-state index contributed by atoms with van der Waals surface area (Å²) in [4.78, 5) is 0. The zero-order valence-electron chi connectivity index (χ0n) is 19.3. The van der Waals surface area contributed by atoms with Crippen LogP contribution in [0.4, 0.5) is 4.39 Å².